The molecule has 5 heteroatoms. The minimum atomic E-state index is -0.587. The highest BCUT2D eigenvalue weighted by molar-refractivity contribution is 7.99. The van der Waals surface area contributed by atoms with Crippen molar-refractivity contribution in [2.24, 2.45) is 0 Å². The molecule has 0 radical (unpaired) electrons. The van der Waals surface area contributed by atoms with Crippen LogP contribution < -0.4 is 5.73 Å². The Morgan fingerprint density at radius 1 is 1.33 bits per heavy atom. The van der Waals surface area contributed by atoms with Gasteiger partial charge in [0.2, 0.25) is 0 Å². The first-order chi connectivity index (χ1) is 8.66. The second-order valence-electron chi connectivity index (χ2n) is 3.79. The topological polar surface area (TPSA) is 59.1 Å². The number of aliphatic hydroxyl groups is 1. The maximum atomic E-state index is 10.0. The van der Waals surface area contributed by atoms with Gasteiger partial charge in [-0.15, -0.1) is 11.8 Å². The highest BCUT2D eigenvalue weighted by Crippen LogP contribution is 2.28. The molecule has 1 heterocycles. The predicted octanol–water partition coefficient (Wildman–Crippen LogP) is 3.14. The number of rotatable bonds is 4. The number of hydrogen-bond acceptors (Lipinski definition) is 4. The molecule has 2 rings (SSSR count). The number of halogens is 1. The zero-order chi connectivity index (χ0) is 13.0. The van der Waals surface area contributed by atoms with Crippen molar-refractivity contribution < 1.29 is 5.11 Å². The molecular weight excluding hydrogens is 268 g/mol. The number of nitrogens with zero attached hydrogens (tertiary/aromatic N) is 1. The first kappa shape index (κ1) is 13.2. The molecule has 1 atom stereocenters. The summed E-state index contributed by atoms with van der Waals surface area (Å²) < 4.78 is 0. The second-order valence-corrected chi connectivity index (χ2v) is 5.20. The maximum Gasteiger partial charge on any atom is 0.115 e. The van der Waals surface area contributed by atoms with Crippen molar-refractivity contribution in [1.29, 1.82) is 0 Å². The molecule has 1 aromatic heterocycles. The molecule has 0 aliphatic heterocycles. The average Bonchev–Trinajstić information content (AvgIpc) is 2.37. The summed E-state index contributed by atoms with van der Waals surface area (Å²) >= 11 is 7.42. The molecule has 3 nitrogen and oxygen atoms in total. The highest BCUT2D eigenvalue weighted by Gasteiger charge is 2.10. The summed E-state index contributed by atoms with van der Waals surface area (Å²) in [5.74, 6) is 0.486. The van der Waals surface area contributed by atoms with Crippen LogP contribution in [-0.2, 0) is 0 Å². The molecule has 3 N–H and O–H groups in total. The van der Waals surface area contributed by atoms with Crippen LogP contribution >= 0.6 is 23.4 Å². The largest absolute Gasteiger partial charge is 0.399 e. The number of aliphatic hydroxyl groups excluding tert-OH is 1. The smallest absolute Gasteiger partial charge is 0.115 e. The summed E-state index contributed by atoms with van der Waals surface area (Å²) in [7, 11) is 0. The Morgan fingerprint density at radius 3 is 2.89 bits per heavy atom. The Morgan fingerprint density at radius 2 is 2.17 bits per heavy atom. The van der Waals surface area contributed by atoms with Gasteiger partial charge in [0, 0.05) is 17.6 Å². The normalized spacial score (nSPS) is 12.3. The number of thioether (sulfide) groups is 1. The third-order valence-corrected chi connectivity index (χ3v) is 3.90. The third-order valence-electron chi connectivity index (χ3n) is 2.40. The number of hydrogen-bond donors (Lipinski definition) is 2. The molecule has 2 aromatic rings. The molecule has 18 heavy (non-hydrogen) atoms. The number of nitrogens with two attached hydrogens (primary N) is 1. The molecule has 1 aromatic carbocycles. The molecule has 0 amide bonds. The van der Waals surface area contributed by atoms with E-state index in [-0.39, 0.29) is 0 Å². The maximum absolute atomic E-state index is 10.0. The second kappa shape index (κ2) is 6.09. The first-order valence-electron chi connectivity index (χ1n) is 5.43. The quantitative estimate of drug-likeness (QED) is 0.667. The van der Waals surface area contributed by atoms with Crippen molar-refractivity contribution >= 4 is 29.1 Å². The van der Waals surface area contributed by atoms with Crippen LogP contribution in [0.25, 0.3) is 0 Å². The van der Waals surface area contributed by atoms with E-state index >= 15 is 0 Å². The van der Waals surface area contributed by atoms with E-state index < -0.39 is 6.10 Å². The first-order valence-corrected chi connectivity index (χ1v) is 6.80. The number of anilines is 1. The number of pyridine rings is 1. The van der Waals surface area contributed by atoms with Crippen LogP contribution in [0.1, 0.15) is 11.7 Å². The molecule has 0 bridgehead atoms. The lowest BCUT2D eigenvalue weighted by Gasteiger charge is -2.11. The van der Waals surface area contributed by atoms with Gasteiger partial charge < -0.3 is 10.8 Å². The van der Waals surface area contributed by atoms with Gasteiger partial charge in [-0.05, 0) is 29.8 Å². The summed E-state index contributed by atoms with van der Waals surface area (Å²) in [6, 6.07) is 10.8. The van der Waals surface area contributed by atoms with Crippen LogP contribution in [0.3, 0.4) is 0 Å². The van der Waals surface area contributed by atoms with E-state index in [4.69, 9.17) is 17.3 Å². The van der Waals surface area contributed by atoms with E-state index in [0.29, 0.717) is 16.5 Å². The van der Waals surface area contributed by atoms with Crippen LogP contribution in [0.2, 0.25) is 5.02 Å². The standard InChI is InChI=1S/C13H13ClN2OS/c14-11-5-2-6-16-13(11)18-8-12(17)9-3-1-4-10(15)7-9/h1-7,12,17H,8,15H2. The summed E-state index contributed by atoms with van der Waals surface area (Å²) in [4.78, 5) is 4.16. The lowest BCUT2D eigenvalue weighted by atomic mass is 10.1. The van der Waals surface area contributed by atoms with Crippen molar-refractivity contribution in [3.05, 3.63) is 53.2 Å². The molecule has 0 aliphatic carbocycles. The van der Waals surface area contributed by atoms with Gasteiger partial charge in [-0.3, -0.25) is 0 Å². The zero-order valence-corrected chi connectivity index (χ0v) is 11.2. The monoisotopic (exact) mass is 280 g/mol. The molecule has 0 saturated carbocycles. The average molecular weight is 281 g/mol. The van der Waals surface area contributed by atoms with Crippen LogP contribution in [0.5, 0.6) is 0 Å². The number of benzene rings is 1. The van der Waals surface area contributed by atoms with Crippen LogP contribution in [-0.4, -0.2) is 15.8 Å². The van der Waals surface area contributed by atoms with E-state index in [9.17, 15) is 5.11 Å². The Labute approximate surface area is 115 Å². The van der Waals surface area contributed by atoms with Crippen molar-refractivity contribution in [2.45, 2.75) is 11.1 Å². The van der Waals surface area contributed by atoms with Gasteiger partial charge in [0.15, 0.2) is 0 Å². The van der Waals surface area contributed by atoms with Gasteiger partial charge in [-0.1, -0.05) is 23.7 Å². The lowest BCUT2D eigenvalue weighted by molar-refractivity contribution is 0.204. The summed E-state index contributed by atoms with van der Waals surface area (Å²) in [5.41, 5.74) is 7.12. The van der Waals surface area contributed by atoms with Crippen LogP contribution in [0, 0.1) is 0 Å². The van der Waals surface area contributed by atoms with E-state index in [1.165, 1.54) is 11.8 Å². The van der Waals surface area contributed by atoms with Gasteiger partial charge in [-0.25, -0.2) is 4.98 Å². The molecule has 0 fully saturated rings. The van der Waals surface area contributed by atoms with E-state index in [1.807, 2.05) is 12.1 Å². The van der Waals surface area contributed by atoms with Crippen LogP contribution in [0.15, 0.2) is 47.6 Å². The van der Waals surface area contributed by atoms with Gasteiger partial charge in [-0.2, -0.15) is 0 Å². The van der Waals surface area contributed by atoms with E-state index in [1.54, 1.807) is 30.5 Å². The van der Waals surface area contributed by atoms with Crippen molar-refractivity contribution in [1.82, 2.24) is 4.98 Å². The summed E-state index contributed by atoms with van der Waals surface area (Å²) in [6.45, 7) is 0. The Balaban J connectivity index is 2.00. The summed E-state index contributed by atoms with van der Waals surface area (Å²) in [5, 5.41) is 11.4. The molecular formula is C13H13ClN2OS. The zero-order valence-electron chi connectivity index (χ0n) is 9.58. The fourth-order valence-corrected chi connectivity index (χ4v) is 2.63. The third kappa shape index (κ3) is 3.38. The summed E-state index contributed by atoms with van der Waals surface area (Å²) in [6.07, 6.45) is 1.10. The minimum Gasteiger partial charge on any atom is -0.399 e. The number of aromatic nitrogens is 1. The molecule has 1 unspecified atom stereocenters. The SMILES string of the molecule is Nc1cccc(C(O)CSc2ncccc2Cl)c1. The van der Waals surface area contributed by atoms with Crippen molar-refractivity contribution in [3.8, 4) is 0 Å². The van der Waals surface area contributed by atoms with Crippen molar-refractivity contribution in [3.63, 3.8) is 0 Å². The Bertz CT molecular complexity index is 536. The highest BCUT2D eigenvalue weighted by atomic mass is 35.5. The van der Waals surface area contributed by atoms with Gasteiger partial charge in [0.25, 0.3) is 0 Å². The fourth-order valence-electron chi connectivity index (χ4n) is 1.50. The molecule has 0 saturated heterocycles. The fraction of sp³-hybridized carbons (Fsp3) is 0.154. The minimum absolute atomic E-state index is 0.486. The van der Waals surface area contributed by atoms with E-state index in [2.05, 4.69) is 4.98 Å². The van der Waals surface area contributed by atoms with Gasteiger partial charge in [0.1, 0.15) is 5.03 Å². The lowest BCUT2D eigenvalue weighted by Crippen LogP contribution is -2.01. The van der Waals surface area contributed by atoms with Gasteiger partial charge >= 0.3 is 0 Å². The molecule has 0 aliphatic rings. The Kier molecular flexibility index (Phi) is 4.47. The van der Waals surface area contributed by atoms with Crippen molar-refractivity contribution in [2.75, 3.05) is 11.5 Å². The number of nitrogen functional groups attached to an aromatic ring is 1. The van der Waals surface area contributed by atoms with Crippen LogP contribution in [0.4, 0.5) is 5.69 Å². The van der Waals surface area contributed by atoms with Gasteiger partial charge in [0.05, 0.1) is 11.1 Å². The predicted molar refractivity (Wildman–Crippen MR) is 75.8 cm³/mol. The Hall–Kier alpha value is -1.23. The molecule has 94 valence electrons. The molecule has 0 spiro atoms. The van der Waals surface area contributed by atoms with E-state index in [0.717, 1.165) is 10.6 Å².